The van der Waals surface area contributed by atoms with Crippen LogP contribution < -0.4 is 0 Å². The molecule has 1 heterocycles. The Morgan fingerprint density at radius 3 is 2.30 bits per heavy atom. The molecule has 1 atom stereocenters. The molecule has 0 spiro atoms. The lowest BCUT2D eigenvalue weighted by Gasteiger charge is -2.31. The summed E-state index contributed by atoms with van der Waals surface area (Å²) in [5.74, 6) is 0. The summed E-state index contributed by atoms with van der Waals surface area (Å²) >= 11 is 0. The lowest BCUT2D eigenvalue weighted by molar-refractivity contribution is 0.0996. The van der Waals surface area contributed by atoms with E-state index in [2.05, 4.69) is 17.0 Å². The van der Waals surface area contributed by atoms with Gasteiger partial charge in [-0.15, -0.1) is 0 Å². The summed E-state index contributed by atoms with van der Waals surface area (Å²) in [5.41, 5.74) is 2.29. The van der Waals surface area contributed by atoms with Gasteiger partial charge in [-0.2, -0.15) is 0 Å². The topological polar surface area (TPSA) is 43.3 Å². The maximum absolute atomic E-state index is 5.52. The number of hydrogen-bond donors (Lipinski definition) is 0. The van der Waals surface area contributed by atoms with Gasteiger partial charge in [0.25, 0.3) is 0 Å². The van der Waals surface area contributed by atoms with Crippen LogP contribution in [0.15, 0.2) is 35.3 Å². The summed E-state index contributed by atoms with van der Waals surface area (Å²) in [5, 5.41) is 0. The van der Waals surface area contributed by atoms with Crippen molar-refractivity contribution < 1.29 is 13.3 Å². The van der Waals surface area contributed by atoms with Gasteiger partial charge >= 0.3 is 8.80 Å². The highest BCUT2D eigenvalue weighted by molar-refractivity contribution is 6.60. The average molecular weight is 294 g/mol. The Hall–Kier alpha value is -1.05. The fourth-order valence-electron chi connectivity index (χ4n) is 2.46. The fraction of sp³-hybridized carbons (Fsp3) is 0.500. The lowest BCUT2D eigenvalue weighted by Crippen LogP contribution is -2.53. The maximum atomic E-state index is 5.52. The molecule has 0 bridgehead atoms. The summed E-state index contributed by atoms with van der Waals surface area (Å²) < 4.78 is 16.6. The van der Waals surface area contributed by atoms with Gasteiger partial charge in [0.2, 0.25) is 0 Å². The van der Waals surface area contributed by atoms with Crippen molar-refractivity contribution in [3.8, 4) is 0 Å². The van der Waals surface area contributed by atoms with E-state index in [9.17, 15) is 0 Å². The molecule has 0 fully saturated rings. The number of benzene rings is 1. The van der Waals surface area contributed by atoms with Crippen LogP contribution in [0.2, 0.25) is 0 Å². The van der Waals surface area contributed by atoms with Crippen molar-refractivity contribution in [3.05, 3.63) is 35.9 Å². The van der Waals surface area contributed by atoms with Crippen molar-refractivity contribution >= 4 is 14.5 Å². The number of aliphatic imine (C=N–C) groups is 1. The average Bonchev–Trinajstić information content (AvgIpc) is 2.86. The predicted octanol–water partition coefficient (Wildman–Crippen LogP) is 1.88. The van der Waals surface area contributed by atoms with Crippen LogP contribution in [0.4, 0.5) is 0 Å². The zero-order chi connectivity index (χ0) is 14.6. The molecule has 6 heteroatoms. The molecule has 0 amide bonds. The Kier molecular flexibility index (Phi) is 5.06. The van der Waals surface area contributed by atoms with Gasteiger partial charge in [0.05, 0.1) is 6.17 Å². The highest BCUT2D eigenvalue weighted by Gasteiger charge is 2.43. The van der Waals surface area contributed by atoms with Crippen LogP contribution in [0.3, 0.4) is 0 Å². The fourth-order valence-corrected chi connectivity index (χ4v) is 4.13. The summed E-state index contributed by atoms with van der Waals surface area (Å²) in [7, 11) is 2.28. The summed E-state index contributed by atoms with van der Waals surface area (Å²) in [6, 6.07) is 10.3. The molecule has 1 aliphatic heterocycles. The van der Waals surface area contributed by atoms with E-state index in [0.29, 0.717) is 6.17 Å². The third kappa shape index (κ3) is 3.16. The van der Waals surface area contributed by atoms with E-state index in [1.54, 1.807) is 21.3 Å². The Morgan fingerprint density at radius 2 is 1.75 bits per heavy atom. The van der Waals surface area contributed by atoms with E-state index < -0.39 is 8.80 Å². The molecule has 5 nitrogen and oxygen atoms in total. The molecule has 0 N–H and O–H groups in total. The van der Waals surface area contributed by atoms with Crippen LogP contribution in [0, 0.1) is 0 Å². The van der Waals surface area contributed by atoms with E-state index >= 15 is 0 Å². The first-order chi connectivity index (χ1) is 9.64. The largest absolute Gasteiger partial charge is 0.515 e. The van der Waals surface area contributed by atoms with E-state index in [0.717, 1.165) is 12.3 Å². The van der Waals surface area contributed by atoms with Crippen LogP contribution in [0.5, 0.6) is 0 Å². The minimum absolute atomic E-state index is 0.0172. The second-order valence-corrected chi connectivity index (χ2v) is 7.76. The van der Waals surface area contributed by atoms with Crippen LogP contribution in [-0.4, -0.2) is 53.5 Å². The smallest absolute Gasteiger partial charge is 0.376 e. The van der Waals surface area contributed by atoms with Crippen molar-refractivity contribution in [3.63, 3.8) is 0 Å². The zero-order valence-electron chi connectivity index (χ0n) is 12.5. The molecule has 0 saturated carbocycles. The molecule has 1 unspecified atom stereocenters. The molecule has 1 aromatic carbocycles. The summed E-state index contributed by atoms with van der Waals surface area (Å²) in [4.78, 5) is 6.97. The van der Waals surface area contributed by atoms with Gasteiger partial charge < -0.3 is 13.3 Å². The highest BCUT2D eigenvalue weighted by Crippen LogP contribution is 2.28. The van der Waals surface area contributed by atoms with E-state index in [-0.39, 0.29) is 6.17 Å². The molecule has 110 valence electrons. The Balaban J connectivity index is 2.19. The van der Waals surface area contributed by atoms with Gasteiger partial charge in [0.15, 0.2) is 0 Å². The van der Waals surface area contributed by atoms with E-state index in [1.807, 2.05) is 25.1 Å². The molecule has 20 heavy (non-hydrogen) atoms. The van der Waals surface area contributed by atoms with Crippen molar-refractivity contribution in [2.75, 3.05) is 34.0 Å². The normalized spacial score (nSPS) is 20.2. The Bertz CT molecular complexity index is 454. The van der Waals surface area contributed by atoms with Gasteiger partial charge in [0, 0.05) is 33.6 Å². The molecular weight excluding hydrogens is 272 g/mol. The summed E-state index contributed by atoms with van der Waals surface area (Å²) in [6.07, 6.45) is 0.639. The van der Waals surface area contributed by atoms with Gasteiger partial charge in [-0.05, 0) is 12.5 Å². The van der Waals surface area contributed by atoms with Crippen LogP contribution in [-0.2, 0) is 13.3 Å². The number of hydrogen-bond acceptors (Lipinski definition) is 5. The molecule has 0 aromatic heterocycles. The second kappa shape index (κ2) is 6.60. The van der Waals surface area contributed by atoms with E-state index in [4.69, 9.17) is 18.3 Å². The van der Waals surface area contributed by atoms with E-state index in [1.165, 1.54) is 5.56 Å². The van der Waals surface area contributed by atoms with Gasteiger partial charge in [-0.3, -0.25) is 9.89 Å². The third-order valence-electron chi connectivity index (χ3n) is 3.55. The maximum Gasteiger partial charge on any atom is 0.515 e. The minimum Gasteiger partial charge on any atom is -0.376 e. The molecule has 0 radical (unpaired) electrons. The van der Waals surface area contributed by atoms with Gasteiger partial charge in [0.1, 0.15) is 6.17 Å². The molecule has 0 saturated heterocycles. The third-order valence-corrected chi connectivity index (χ3v) is 6.21. The van der Waals surface area contributed by atoms with Crippen molar-refractivity contribution in [2.24, 2.45) is 4.99 Å². The second-order valence-electron chi connectivity index (χ2n) is 4.85. The standard InChI is InChI=1S/C14H22N2O3Si/c1-12-10-16(11-20(17-2,18-3)19-4)14(15-12)13-8-6-5-7-9-13/h5-9,14H,10-11H2,1-4H3. The molecule has 0 aliphatic carbocycles. The first-order valence-electron chi connectivity index (χ1n) is 6.62. The van der Waals surface area contributed by atoms with Crippen molar-refractivity contribution in [1.29, 1.82) is 0 Å². The quantitative estimate of drug-likeness (QED) is 0.751. The zero-order valence-corrected chi connectivity index (χ0v) is 13.5. The SMILES string of the molecule is CO[Si](CN1CC(C)=NC1c1ccccc1)(OC)OC. The highest BCUT2D eigenvalue weighted by atomic mass is 28.4. The Morgan fingerprint density at radius 1 is 1.15 bits per heavy atom. The molecule has 1 aliphatic rings. The number of rotatable bonds is 6. The van der Waals surface area contributed by atoms with Gasteiger partial charge in [-0.25, -0.2) is 0 Å². The first-order valence-corrected chi connectivity index (χ1v) is 8.55. The van der Waals surface area contributed by atoms with Crippen LogP contribution in [0.25, 0.3) is 0 Å². The monoisotopic (exact) mass is 294 g/mol. The molecule has 2 rings (SSSR count). The number of nitrogens with zero attached hydrogens (tertiary/aromatic N) is 2. The predicted molar refractivity (Wildman–Crippen MR) is 80.6 cm³/mol. The molecule has 1 aromatic rings. The lowest BCUT2D eigenvalue weighted by atomic mass is 10.2. The Labute approximate surface area is 121 Å². The van der Waals surface area contributed by atoms with Crippen molar-refractivity contribution in [2.45, 2.75) is 13.1 Å². The minimum atomic E-state index is -2.63. The van der Waals surface area contributed by atoms with Crippen molar-refractivity contribution in [1.82, 2.24) is 4.90 Å². The molecular formula is C14H22N2O3Si. The van der Waals surface area contributed by atoms with Crippen LogP contribution >= 0.6 is 0 Å². The summed E-state index contributed by atoms with van der Waals surface area (Å²) in [6.45, 7) is 2.86. The van der Waals surface area contributed by atoms with Crippen LogP contribution in [0.1, 0.15) is 18.7 Å². The van der Waals surface area contributed by atoms with Gasteiger partial charge in [-0.1, -0.05) is 30.3 Å². The first kappa shape index (κ1) is 15.3.